The van der Waals surface area contributed by atoms with Crippen molar-refractivity contribution in [3.8, 4) is 0 Å². The third kappa shape index (κ3) is 3.76. The molecule has 2 nitrogen and oxygen atoms in total. The second kappa shape index (κ2) is 7.12. The second-order valence-corrected chi connectivity index (χ2v) is 6.51. The van der Waals surface area contributed by atoms with E-state index >= 15 is 0 Å². The first-order valence-corrected chi connectivity index (χ1v) is 8.23. The topological polar surface area (TPSA) is 15.3 Å². The number of fused-ring (bicyclic) bond motifs is 1. The first kappa shape index (κ1) is 15.4. The molecule has 0 amide bonds. The predicted molar refractivity (Wildman–Crippen MR) is 88.5 cm³/mol. The molecule has 1 atom stereocenters. The monoisotopic (exact) mass is 274 g/mol. The fourth-order valence-electron chi connectivity index (χ4n) is 3.07. The van der Waals surface area contributed by atoms with E-state index in [0.29, 0.717) is 6.04 Å². The summed E-state index contributed by atoms with van der Waals surface area (Å²) >= 11 is 0. The number of hydrogen-bond donors (Lipinski definition) is 1. The van der Waals surface area contributed by atoms with E-state index in [1.807, 2.05) is 0 Å². The Bertz CT molecular complexity index is 425. The fraction of sp³-hybridized carbons (Fsp3) is 0.667. The van der Waals surface area contributed by atoms with Gasteiger partial charge in [0.05, 0.1) is 0 Å². The Morgan fingerprint density at radius 3 is 2.75 bits per heavy atom. The van der Waals surface area contributed by atoms with Crippen LogP contribution in [0, 0.1) is 5.92 Å². The van der Waals surface area contributed by atoms with Crippen molar-refractivity contribution in [1.82, 2.24) is 5.32 Å². The van der Waals surface area contributed by atoms with Gasteiger partial charge in [0.2, 0.25) is 0 Å². The van der Waals surface area contributed by atoms with E-state index in [-0.39, 0.29) is 0 Å². The van der Waals surface area contributed by atoms with Crippen LogP contribution in [0.2, 0.25) is 0 Å². The van der Waals surface area contributed by atoms with Crippen LogP contribution in [0.3, 0.4) is 0 Å². The van der Waals surface area contributed by atoms with Crippen molar-refractivity contribution in [2.24, 2.45) is 5.92 Å². The fourth-order valence-corrected chi connectivity index (χ4v) is 3.07. The lowest BCUT2D eigenvalue weighted by Crippen LogP contribution is -2.32. The van der Waals surface area contributed by atoms with E-state index < -0.39 is 0 Å². The Morgan fingerprint density at radius 1 is 1.25 bits per heavy atom. The predicted octanol–water partition coefficient (Wildman–Crippen LogP) is 4.16. The Balaban J connectivity index is 2.14. The summed E-state index contributed by atoms with van der Waals surface area (Å²) in [5.41, 5.74) is 4.44. The molecule has 1 N–H and O–H groups in total. The van der Waals surface area contributed by atoms with Crippen LogP contribution in [0.1, 0.15) is 57.7 Å². The Hall–Kier alpha value is -1.02. The molecular formula is C18H30N2. The number of nitrogens with one attached hydrogen (secondary N) is 1. The molecule has 112 valence electrons. The smallest absolute Gasteiger partial charge is 0.0399 e. The molecule has 20 heavy (non-hydrogen) atoms. The highest BCUT2D eigenvalue weighted by atomic mass is 15.1. The van der Waals surface area contributed by atoms with Crippen LogP contribution in [0.25, 0.3) is 0 Å². The van der Waals surface area contributed by atoms with Gasteiger partial charge in [0.1, 0.15) is 0 Å². The van der Waals surface area contributed by atoms with E-state index in [4.69, 9.17) is 0 Å². The van der Waals surface area contributed by atoms with Gasteiger partial charge in [-0.05, 0) is 55.8 Å². The largest absolute Gasteiger partial charge is 0.371 e. The number of nitrogens with zero attached hydrogens (tertiary/aromatic N) is 1. The molecule has 0 fully saturated rings. The Morgan fingerprint density at radius 2 is 2.05 bits per heavy atom. The molecule has 1 unspecified atom stereocenters. The van der Waals surface area contributed by atoms with E-state index in [0.717, 1.165) is 12.5 Å². The van der Waals surface area contributed by atoms with Crippen LogP contribution < -0.4 is 10.2 Å². The van der Waals surface area contributed by atoms with Gasteiger partial charge in [-0.1, -0.05) is 32.9 Å². The SMILES string of the molecule is CCCNC(C)c1ccc2c(c1)CCCN2CC(C)C. The molecular weight excluding hydrogens is 244 g/mol. The summed E-state index contributed by atoms with van der Waals surface area (Å²) in [4.78, 5) is 2.57. The van der Waals surface area contributed by atoms with Gasteiger partial charge in [-0.15, -0.1) is 0 Å². The average molecular weight is 274 g/mol. The quantitative estimate of drug-likeness (QED) is 0.838. The number of hydrogen-bond acceptors (Lipinski definition) is 2. The van der Waals surface area contributed by atoms with Gasteiger partial charge in [0.15, 0.2) is 0 Å². The Labute approximate surface area is 124 Å². The van der Waals surface area contributed by atoms with Crippen LogP contribution in [0.5, 0.6) is 0 Å². The van der Waals surface area contributed by atoms with Gasteiger partial charge in [-0.2, -0.15) is 0 Å². The highest BCUT2D eigenvalue weighted by molar-refractivity contribution is 5.57. The molecule has 1 aliphatic rings. The minimum atomic E-state index is 0.459. The molecule has 0 aliphatic carbocycles. The zero-order valence-electron chi connectivity index (χ0n) is 13.6. The van der Waals surface area contributed by atoms with Crippen molar-refractivity contribution in [1.29, 1.82) is 0 Å². The van der Waals surface area contributed by atoms with Gasteiger partial charge in [-0.25, -0.2) is 0 Å². The van der Waals surface area contributed by atoms with Crippen LogP contribution >= 0.6 is 0 Å². The van der Waals surface area contributed by atoms with E-state index in [9.17, 15) is 0 Å². The van der Waals surface area contributed by atoms with Crippen LogP contribution in [0.15, 0.2) is 18.2 Å². The lowest BCUT2D eigenvalue weighted by Gasteiger charge is -2.33. The van der Waals surface area contributed by atoms with Gasteiger partial charge < -0.3 is 10.2 Å². The molecule has 0 bridgehead atoms. The average Bonchev–Trinajstić information content (AvgIpc) is 2.44. The van der Waals surface area contributed by atoms with Gasteiger partial charge in [0, 0.05) is 24.8 Å². The van der Waals surface area contributed by atoms with Gasteiger partial charge >= 0.3 is 0 Å². The highest BCUT2D eigenvalue weighted by Crippen LogP contribution is 2.30. The molecule has 1 aromatic carbocycles. The lowest BCUT2D eigenvalue weighted by molar-refractivity contribution is 0.566. The maximum absolute atomic E-state index is 3.59. The van der Waals surface area contributed by atoms with Crippen LogP contribution in [-0.2, 0) is 6.42 Å². The van der Waals surface area contributed by atoms with Crippen LogP contribution in [0.4, 0.5) is 5.69 Å². The lowest BCUT2D eigenvalue weighted by atomic mass is 9.96. The highest BCUT2D eigenvalue weighted by Gasteiger charge is 2.18. The van der Waals surface area contributed by atoms with Crippen molar-refractivity contribution in [2.75, 3.05) is 24.5 Å². The first-order chi connectivity index (χ1) is 9.61. The third-order valence-corrected chi connectivity index (χ3v) is 4.10. The summed E-state index contributed by atoms with van der Waals surface area (Å²) in [5, 5.41) is 3.59. The molecule has 0 aromatic heterocycles. The minimum Gasteiger partial charge on any atom is -0.371 e. The number of rotatable bonds is 6. The maximum Gasteiger partial charge on any atom is 0.0399 e. The molecule has 0 radical (unpaired) electrons. The molecule has 2 heteroatoms. The standard InChI is InChI=1S/C18H30N2/c1-5-10-19-15(4)16-8-9-18-17(12-16)7-6-11-20(18)13-14(2)3/h8-9,12,14-15,19H,5-7,10-11,13H2,1-4H3. The van der Waals surface area contributed by atoms with Gasteiger partial charge in [-0.3, -0.25) is 0 Å². The number of benzene rings is 1. The normalized spacial score (nSPS) is 16.4. The second-order valence-electron chi connectivity index (χ2n) is 6.51. The summed E-state index contributed by atoms with van der Waals surface area (Å²) in [6.45, 7) is 12.6. The summed E-state index contributed by atoms with van der Waals surface area (Å²) in [5.74, 6) is 0.728. The van der Waals surface area contributed by atoms with E-state index in [1.54, 1.807) is 5.56 Å². The third-order valence-electron chi connectivity index (χ3n) is 4.10. The van der Waals surface area contributed by atoms with Crippen LogP contribution in [-0.4, -0.2) is 19.6 Å². The zero-order valence-corrected chi connectivity index (χ0v) is 13.6. The molecule has 1 aromatic rings. The number of aryl methyl sites for hydroxylation is 1. The molecule has 0 spiro atoms. The van der Waals surface area contributed by atoms with E-state index in [2.05, 4.69) is 56.1 Å². The summed E-state index contributed by atoms with van der Waals surface area (Å²) < 4.78 is 0. The molecule has 1 aliphatic heterocycles. The van der Waals surface area contributed by atoms with Crippen molar-refractivity contribution in [3.63, 3.8) is 0 Å². The molecule has 2 rings (SSSR count). The summed E-state index contributed by atoms with van der Waals surface area (Å²) in [6.07, 6.45) is 3.72. The minimum absolute atomic E-state index is 0.459. The summed E-state index contributed by atoms with van der Waals surface area (Å²) in [7, 11) is 0. The maximum atomic E-state index is 3.59. The number of anilines is 1. The first-order valence-electron chi connectivity index (χ1n) is 8.23. The van der Waals surface area contributed by atoms with Crippen molar-refractivity contribution in [3.05, 3.63) is 29.3 Å². The Kier molecular flexibility index (Phi) is 5.47. The van der Waals surface area contributed by atoms with Gasteiger partial charge in [0.25, 0.3) is 0 Å². The van der Waals surface area contributed by atoms with Crippen molar-refractivity contribution < 1.29 is 0 Å². The van der Waals surface area contributed by atoms with Crippen molar-refractivity contribution in [2.45, 2.75) is 53.0 Å². The van der Waals surface area contributed by atoms with Crippen molar-refractivity contribution >= 4 is 5.69 Å². The van der Waals surface area contributed by atoms with E-state index in [1.165, 1.54) is 43.6 Å². The zero-order chi connectivity index (χ0) is 14.5. The molecule has 1 heterocycles. The summed E-state index contributed by atoms with van der Waals surface area (Å²) in [6, 6.07) is 7.54. The molecule has 0 saturated heterocycles. The molecule has 0 saturated carbocycles.